The van der Waals surface area contributed by atoms with Gasteiger partial charge in [0.2, 0.25) is 0 Å². The molecule has 1 aromatic carbocycles. The van der Waals surface area contributed by atoms with Crippen LogP contribution in [0, 0.1) is 0 Å². The summed E-state index contributed by atoms with van der Waals surface area (Å²) in [6.45, 7) is 2.12. The Bertz CT molecular complexity index is 595. The molecule has 0 aliphatic rings. The maximum absolute atomic E-state index is 11.6. The van der Waals surface area contributed by atoms with Gasteiger partial charge in [0.1, 0.15) is 18.0 Å². The van der Waals surface area contributed by atoms with Crippen LogP contribution in [0.25, 0.3) is 11.3 Å². The van der Waals surface area contributed by atoms with Crippen molar-refractivity contribution in [2.24, 2.45) is 0 Å². The Labute approximate surface area is 124 Å². The molecule has 0 fully saturated rings. The van der Waals surface area contributed by atoms with Gasteiger partial charge in [0.25, 0.3) is 0 Å². The summed E-state index contributed by atoms with van der Waals surface area (Å²) in [6, 6.07) is 7.43. The minimum Gasteiger partial charge on any atom is -0.497 e. The molecule has 0 amide bonds. The second-order valence-electron chi connectivity index (χ2n) is 3.92. The number of ether oxygens (including phenoxy) is 2. The van der Waals surface area contributed by atoms with E-state index in [4.69, 9.17) is 9.47 Å². The van der Waals surface area contributed by atoms with Crippen LogP contribution in [0.5, 0.6) is 5.75 Å². The van der Waals surface area contributed by atoms with E-state index >= 15 is 0 Å². The second-order valence-corrected chi connectivity index (χ2v) is 4.67. The van der Waals surface area contributed by atoms with Gasteiger partial charge in [-0.3, -0.25) is 4.79 Å². The molecular weight excluding hydrogens is 326 g/mol. The van der Waals surface area contributed by atoms with Crippen molar-refractivity contribution in [2.45, 2.75) is 13.5 Å². The fourth-order valence-corrected chi connectivity index (χ4v) is 2.25. The predicted octanol–water partition coefficient (Wildman–Crippen LogP) is 2.28. The summed E-state index contributed by atoms with van der Waals surface area (Å²) < 4.78 is 12.1. The molecule has 1 heterocycles. The summed E-state index contributed by atoms with van der Waals surface area (Å²) >= 11 is 3.34. The fraction of sp³-hybridized carbons (Fsp3) is 0.308. The first-order chi connectivity index (χ1) is 9.65. The van der Waals surface area contributed by atoms with Gasteiger partial charge in [-0.25, -0.2) is 4.68 Å². The normalized spacial score (nSPS) is 10.3. The minimum atomic E-state index is -0.348. The quantitative estimate of drug-likeness (QED) is 0.782. The first-order valence-corrected chi connectivity index (χ1v) is 6.84. The van der Waals surface area contributed by atoms with Crippen molar-refractivity contribution < 1.29 is 14.3 Å². The number of halogens is 1. The van der Waals surface area contributed by atoms with Crippen LogP contribution in [-0.2, 0) is 16.1 Å². The molecule has 1 aromatic heterocycles. The highest BCUT2D eigenvalue weighted by molar-refractivity contribution is 9.10. The summed E-state index contributed by atoms with van der Waals surface area (Å²) in [5.41, 5.74) is 1.60. The Morgan fingerprint density at radius 2 is 2.05 bits per heavy atom. The van der Waals surface area contributed by atoms with Crippen LogP contribution >= 0.6 is 15.9 Å². The average Bonchev–Trinajstić information content (AvgIpc) is 2.80. The lowest BCUT2D eigenvalue weighted by atomic mass is 10.1. The van der Waals surface area contributed by atoms with E-state index in [1.807, 2.05) is 24.3 Å². The lowest BCUT2D eigenvalue weighted by Gasteiger charge is -2.07. The third-order valence-electron chi connectivity index (χ3n) is 2.64. The van der Waals surface area contributed by atoms with E-state index in [1.165, 1.54) is 4.68 Å². The number of carbonyl (C=O) groups is 1. The largest absolute Gasteiger partial charge is 0.497 e. The van der Waals surface area contributed by atoms with Gasteiger partial charge in [0, 0.05) is 5.56 Å². The SMILES string of the molecule is CCOC(=O)Cn1nnc(Br)c1-c1ccc(OC)cc1. The van der Waals surface area contributed by atoms with E-state index in [2.05, 4.69) is 26.2 Å². The molecular formula is C13H14BrN3O3. The van der Waals surface area contributed by atoms with Gasteiger partial charge < -0.3 is 9.47 Å². The van der Waals surface area contributed by atoms with Crippen LogP contribution in [0.2, 0.25) is 0 Å². The smallest absolute Gasteiger partial charge is 0.327 e. The Morgan fingerprint density at radius 1 is 1.35 bits per heavy atom. The number of hydrogen-bond donors (Lipinski definition) is 0. The Hall–Kier alpha value is -1.89. The highest BCUT2D eigenvalue weighted by atomic mass is 79.9. The van der Waals surface area contributed by atoms with E-state index in [0.29, 0.717) is 11.2 Å². The van der Waals surface area contributed by atoms with Crippen LogP contribution in [0.3, 0.4) is 0 Å². The fourth-order valence-electron chi connectivity index (χ4n) is 1.75. The summed E-state index contributed by atoms with van der Waals surface area (Å²) in [4.78, 5) is 11.6. The molecule has 0 saturated carbocycles. The maximum atomic E-state index is 11.6. The minimum absolute atomic E-state index is 0.0216. The average molecular weight is 340 g/mol. The molecule has 106 valence electrons. The Morgan fingerprint density at radius 3 is 2.65 bits per heavy atom. The van der Waals surface area contributed by atoms with E-state index in [9.17, 15) is 4.79 Å². The zero-order valence-corrected chi connectivity index (χ0v) is 12.8. The number of carbonyl (C=O) groups excluding carboxylic acids is 1. The van der Waals surface area contributed by atoms with Gasteiger partial charge >= 0.3 is 5.97 Å². The van der Waals surface area contributed by atoms with Crippen LogP contribution in [0.4, 0.5) is 0 Å². The predicted molar refractivity (Wildman–Crippen MR) is 76.3 cm³/mol. The lowest BCUT2D eigenvalue weighted by molar-refractivity contribution is -0.144. The van der Waals surface area contributed by atoms with Gasteiger partial charge in [0.05, 0.1) is 13.7 Å². The molecule has 0 saturated heterocycles. The second kappa shape index (κ2) is 6.51. The molecule has 0 unspecified atom stereocenters. The number of aromatic nitrogens is 3. The third-order valence-corrected chi connectivity index (χ3v) is 3.18. The summed E-state index contributed by atoms with van der Waals surface area (Å²) in [7, 11) is 1.61. The number of hydrogen-bond acceptors (Lipinski definition) is 5. The van der Waals surface area contributed by atoms with Crippen LogP contribution in [-0.4, -0.2) is 34.7 Å². The molecule has 0 bridgehead atoms. The zero-order chi connectivity index (χ0) is 14.5. The van der Waals surface area contributed by atoms with Gasteiger partial charge in [-0.1, -0.05) is 5.21 Å². The lowest BCUT2D eigenvalue weighted by Crippen LogP contribution is -2.15. The van der Waals surface area contributed by atoms with E-state index < -0.39 is 0 Å². The molecule has 7 heteroatoms. The summed E-state index contributed by atoms with van der Waals surface area (Å²) in [6.07, 6.45) is 0. The summed E-state index contributed by atoms with van der Waals surface area (Å²) in [5.74, 6) is 0.411. The van der Waals surface area contributed by atoms with Crippen molar-refractivity contribution in [3.8, 4) is 17.0 Å². The Kier molecular flexibility index (Phi) is 4.73. The van der Waals surface area contributed by atoms with Crippen molar-refractivity contribution in [3.63, 3.8) is 0 Å². The van der Waals surface area contributed by atoms with E-state index in [1.54, 1.807) is 14.0 Å². The van der Waals surface area contributed by atoms with E-state index in [-0.39, 0.29) is 12.5 Å². The van der Waals surface area contributed by atoms with Crippen molar-refractivity contribution in [1.29, 1.82) is 0 Å². The molecule has 0 spiro atoms. The first kappa shape index (κ1) is 14.5. The van der Waals surface area contributed by atoms with Gasteiger partial charge in [-0.2, -0.15) is 0 Å². The molecule has 0 atom stereocenters. The molecule has 6 nitrogen and oxygen atoms in total. The molecule has 0 aliphatic heterocycles. The third kappa shape index (κ3) is 3.16. The number of methoxy groups -OCH3 is 1. The molecule has 20 heavy (non-hydrogen) atoms. The van der Waals surface area contributed by atoms with Crippen molar-refractivity contribution >= 4 is 21.9 Å². The number of benzene rings is 1. The molecule has 0 radical (unpaired) electrons. The van der Waals surface area contributed by atoms with Gasteiger partial charge in [-0.05, 0) is 47.1 Å². The number of rotatable bonds is 5. The first-order valence-electron chi connectivity index (χ1n) is 6.04. The number of nitrogens with zero attached hydrogens (tertiary/aromatic N) is 3. The van der Waals surface area contributed by atoms with E-state index in [0.717, 1.165) is 17.0 Å². The van der Waals surface area contributed by atoms with Crippen molar-refractivity contribution in [2.75, 3.05) is 13.7 Å². The van der Waals surface area contributed by atoms with Crippen LogP contribution in [0.15, 0.2) is 28.9 Å². The van der Waals surface area contributed by atoms with Crippen molar-refractivity contribution in [3.05, 3.63) is 28.9 Å². The molecule has 2 aromatic rings. The van der Waals surface area contributed by atoms with Crippen LogP contribution < -0.4 is 4.74 Å². The Balaban J connectivity index is 2.30. The molecule has 0 aliphatic carbocycles. The highest BCUT2D eigenvalue weighted by Gasteiger charge is 2.16. The highest BCUT2D eigenvalue weighted by Crippen LogP contribution is 2.27. The molecule has 2 rings (SSSR count). The zero-order valence-electron chi connectivity index (χ0n) is 11.2. The molecule has 0 N–H and O–H groups in total. The van der Waals surface area contributed by atoms with Gasteiger partial charge in [-0.15, -0.1) is 5.10 Å². The number of esters is 1. The monoisotopic (exact) mass is 339 g/mol. The standard InChI is InChI=1S/C13H14BrN3O3/c1-3-20-11(18)8-17-12(13(14)15-16-17)9-4-6-10(19-2)7-5-9/h4-7H,3,8H2,1-2H3. The summed E-state index contributed by atoms with van der Waals surface area (Å²) in [5, 5.41) is 7.88. The van der Waals surface area contributed by atoms with Crippen LogP contribution in [0.1, 0.15) is 6.92 Å². The van der Waals surface area contributed by atoms with Gasteiger partial charge in [0.15, 0.2) is 4.60 Å². The topological polar surface area (TPSA) is 66.2 Å². The maximum Gasteiger partial charge on any atom is 0.327 e. The van der Waals surface area contributed by atoms with Crippen molar-refractivity contribution in [1.82, 2.24) is 15.0 Å².